The highest BCUT2D eigenvalue weighted by Crippen LogP contribution is 2.34. The molecule has 1 unspecified atom stereocenters. The quantitative estimate of drug-likeness (QED) is 0.334. The minimum atomic E-state index is -4.05. The number of ether oxygens (including phenoxy) is 2. The highest BCUT2D eigenvalue weighted by atomic mass is 32.2. The number of aryl methyl sites for hydroxylation is 2. The highest BCUT2D eigenvalue weighted by Gasteiger charge is 2.32. The summed E-state index contributed by atoms with van der Waals surface area (Å²) in [6.07, 6.45) is 4.28. The second-order valence-corrected chi connectivity index (χ2v) is 14.5. The lowest BCUT2D eigenvalue weighted by molar-refractivity contribution is -0.134. The molecule has 3 aromatic carbocycles. The van der Waals surface area contributed by atoms with Gasteiger partial charge in [-0.25, -0.2) is 8.42 Å². The number of carbonyl (C=O) groups excluding carboxylic acids is 2. The third-order valence-electron chi connectivity index (χ3n) is 9.51. The van der Waals surface area contributed by atoms with Gasteiger partial charge in [0.25, 0.3) is 15.9 Å². The summed E-state index contributed by atoms with van der Waals surface area (Å²) in [5.74, 6) is 0.856. The number of methoxy groups -OCH3 is 1. The number of rotatable bonds is 9. The van der Waals surface area contributed by atoms with Crippen LogP contribution in [0, 0.1) is 19.8 Å². The van der Waals surface area contributed by atoms with Crippen LogP contribution in [0.15, 0.2) is 65.6 Å². The molecule has 0 saturated carbocycles. The van der Waals surface area contributed by atoms with Crippen molar-refractivity contribution in [3.63, 3.8) is 0 Å². The molecule has 47 heavy (non-hydrogen) atoms. The van der Waals surface area contributed by atoms with Gasteiger partial charge >= 0.3 is 0 Å². The maximum absolute atomic E-state index is 13.8. The number of nitrogens with one attached hydrogen (secondary N) is 1. The summed E-state index contributed by atoms with van der Waals surface area (Å²) in [6.45, 7) is 7.89. The molecule has 2 atom stereocenters. The largest absolute Gasteiger partial charge is 0.495 e. The van der Waals surface area contributed by atoms with Crippen molar-refractivity contribution in [1.29, 1.82) is 0 Å². The van der Waals surface area contributed by atoms with E-state index in [0.29, 0.717) is 37.5 Å². The van der Waals surface area contributed by atoms with Gasteiger partial charge in [-0.2, -0.15) is 0 Å². The van der Waals surface area contributed by atoms with E-state index < -0.39 is 10.0 Å². The van der Waals surface area contributed by atoms with Gasteiger partial charge in [0.15, 0.2) is 0 Å². The fraction of sp³-hybridized carbons (Fsp3) is 0.444. The number of amides is 2. The Morgan fingerprint density at radius 3 is 2.32 bits per heavy atom. The molecule has 0 spiro atoms. The Labute approximate surface area is 277 Å². The molecule has 3 fully saturated rings. The van der Waals surface area contributed by atoms with Crippen molar-refractivity contribution in [3.8, 4) is 11.5 Å². The van der Waals surface area contributed by atoms with Crippen molar-refractivity contribution < 1.29 is 27.5 Å². The summed E-state index contributed by atoms with van der Waals surface area (Å²) in [5, 5.41) is 0. The minimum Gasteiger partial charge on any atom is -0.495 e. The number of hydrogen-bond acceptors (Lipinski definition) is 7. The van der Waals surface area contributed by atoms with E-state index in [1.54, 1.807) is 36.4 Å². The molecule has 10 nitrogen and oxygen atoms in total. The molecular formula is C36H44N4O6S. The lowest BCUT2D eigenvalue weighted by Crippen LogP contribution is -2.44. The lowest BCUT2D eigenvalue weighted by atomic mass is 9.96. The number of anilines is 2. The molecule has 0 aliphatic carbocycles. The standard InChI is InChI=1S/C36H44N4O6S/c1-25-9-6-10-26(2)34(25)36(42)40-20-16-31(24-40)46-30-13-7-12-28(21-30)37-47(43,44)33-22-29(14-15-32(33)45-3)39-19-8-11-27(23-39)35(41)38-17-4-5-18-38/h6-7,9-10,12-15,21-22,27,31,37H,4-5,8,11,16-20,23-24H2,1-3H3/t27?,31-/m0/s1. The van der Waals surface area contributed by atoms with Crippen molar-refractivity contribution in [2.24, 2.45) is 5.92 Å². The second kappa shape index (κ2) is 13.9. The third kappa shape index (κ3) is 7.20. The van der Waals surface area contributed by atoms with E-state index in [2.05, 4.69) is 9.62 Å². The normalized spacial score (nSPS) is 19.9. The number of sulfonamides is 1. The number of hydrogen-bond donors (Lipinski definition) is 1. The molecule has 250 valence electrons. The molecule has 3 heterocycles. The molecule has 0 aromatic heterocycles. The molecule has 1 N–H and O–H groups in total. The second-order valence-electron chi connectivity index (χ2n) is 12.8. The van der Waals surface area contributed by atoms with Gasteiger partial charge in [-0.15, -0.1) is 0 Å². The Morgan fingerprint density at radius 2 is 1.57 bits per heavy atom. The molecule has 11 heteroatoms. The van der Waals surface area contributed by atoms with Crippen LogP contribution in [-0.2, 0) is 14.8 Å². The fourth-order valence-electron chi connectivity index (χ4n) is 7.04. The van der Waals surface area contributed by atoms with Gasteiger partial charge in [0.1, 0.15) is 22.5 Å². The number of carbonyl (C=O) groups is 2. The summed E-state index contributed by atoms with van der Waals surface area (Å²) in [6, 6.07) is 17.8. The van der Waals surface area contributed by atoms with Crippen LogP contribution < -0.4 is 19.1 Å². The molecule has 6 rings (SSSR count). The van der Waals surface area contributed by atoms with Gasteiger partial charge in [0.05, 0.1) is 25.3 Å². The molecule has 0 bridgehead atoms. The average Bonchev–Trinajstić information content (AvgIpc) is 3.77. The van der Waals surface area contributed by atoms with Gasteiger partial charge in [-0.1, -0.05) is 24.3 Å². The minimum absolute atomic E-state index is 0.00246. The maximum atomic E-state index is 13.8. The zero-order valence-electron chi connectivity index (χ0n) is 27.4. The van der Waals surface area contributed by atoms with E-state index in [1.165, 1.54) is 7.11 Å². The SMILES string of the molecule is COc1ccc(N2CCCC(C(=O)N3CCCC3)C2)cc1S(=O)(=O)Nc1cccc(O[C@H]2CCN(C(=O)c3c(C)cccc3C)C2)c1. The van der Waals surface area contributed by atoms with E-state index in [0.717, 1.165) is 67.7 Å². The van der Waals surface area contributed by atoms with E-state index in [4.69, 9.17) is 9.47 Å². The van der Waals surface area contributed by atoms with Gasteiger partial charge in [-0.05, 0) is 81.0 Å². The molecule has 3 saturated heterocycles. The smallest absolute Gasteiger partial charge is 0.265 e. The summed E-state index contributed by atoms with van der Waals surface area (Å²) < 4.78 is 41.9. The van der Waals surface area contributed by atoms with Gasteiger partial charge in [0.2, 0.25) is 5.91 Å². The number of piperidine rings is 1. The van der Waals surface area contributed by atoms with E-state index >= 15 is 0 Å². The summed E-state index contributed by atoms with van der Waals surface area (Å²) in [5.41, 5.74) is 3.73. The first-order chi connectivity index (χ1) is 22.6. The van der Waals surface area contributed by atoms with Crippen LogP contribution in [-0.4, -0.2) is 82.5 Å². The molecule has 3 aliphatic heterocycles. The summed E-state index contributed by atoms with van der Waals surface area (Å²) in [4.78, 5) is 32.3. The van der Waals surface area contributed by atoms with Crippen LogP contribution in [0.25, 0.3) is 0 Å². The lowest BCUT2D eigenvalue weighted by Gasteiger charge is -2.35. The molecule has 0 radical (unpaired) electrons. The fourth-order valence-corrected chi connectivity index (χ4v) is 8.27. The monoisotopic (exact) mass is 660 g/mol. The Bertz CT molecular complexity index is 1720. The van der Waals surface area contributed by atoms with Crippen molar-refractivity contribution in [2.45, 2.75) is 57.0 Å². The highest BCUT2D eigenvalue weighted by molar-refractivity contribution is 7.92. The van der Waals surface area contributed by atoms with Gasteiger partial charge < -0.3 is 24.2 Å². The van der Waals surface area contributed by atoms with Crippen molar-refractivity contribution >= 4 is 33.2 Å². The Kier molecular flexibility index (Phi) is 9.63. The first kappa shape index (κ1) is 32.7. The van der Waals surface area contributed by atoms with E-state index in [9.17, 15) is 18.0 Å². The van der Waals surface area contributed by atoms with Gasteiger partial charge in [-0.3, -0.25) is 14.3 Å². The summed E-state index contributed by atoms with van der Waals surface area (Å²) in [7, 11) is -2.60. The number of nitrogens with zero attached hydrogens (tertiary/aromatic N) is 3. The van der Waals surface area contributed by atoms with Crippen molar-refractivity contribution in [2.75, 3.05) is 56.0 Å². The van der Waals surface area contributed by atoms with Crippen LogP contribution >= 0.6 is 0 Å². The first-order valence-electron chi connectivity index (χ1n) is 16.5. The van der Waals surface area contributed by atoms with E-state index in [1.807, 2.05) is 47.9 Å². The van der Waals surface area contributed by atoms with Crippen LogP contribution in [0.4, 0.5) is 11.4 Å². The number of likely N-dealkylation sites (tertiary alicyclic amines) is 2. The zero-order chi connectivity index (χ0) is 33.1. The van der Waals surface area contributed by atoms with Crippen LogP contribution in [0.1, 0.15) is 53.6 Å². The maximum Gasteiger partial charge on any atom is 0.265 e. The van der Waals surface area contributed by atoms with E-state index in [-0.39, 0.29) is 34.5 Å². The Hall–Kier alpha value is -4.25. The Balaban J connectivity index is 1.13. The zero-order valence-corrected chi connectivity index (χ0v) is 28.2. The van der Waals surface area contributed by atoms with Crippen molar-refractivity contribution in [1.82, 2.24) is 9.80 Å². The first-order valence-corrected chi connectivity index (χ1v) is 18.0. The van der Waals surface area contributed by atoms with Crippen LogP contribution in [0.2, 0.25) is 0 Å². The van der Waals surface area contributed by atoms with Crippen LogP contribution in [0.5, 0.6) is 11.5 Å². The van der Waals surface area contributed by atoms with Crippen LogP contribution in [0.3, 0.4) is 0 Å². The molecule has 3 aliphatic rings. The molecule has 2 amide bonds. The molecular weight excluding hydrogens is 616 g/mol. The predicted molar refractivity (Wildman–Crippen MR) is 182 cm³/mol. The Morgan fingerprint density at radius 1 is 0.830 bits per heavy atom. The molecule has 3 aromatic rings. The topological polar surface area (TPSA) is 108 Å². The summed E-state index contributed by atoms with van der Waals surface area (Å²) >= 11 is 0. The predicted octanol–water partition coefficient (Wildman–Crippen LogP) is 5.25. The third-order valence-corrected chi connectivity index (χ3v) is 10.9. The average molecular weight is 661 g/mol. The van der Waals surface area contributed by atoms with Gasteiger partial charge in [0, 0.05) is 56.5 Å². The number of benzene rings is 3. The van der Waals surface area contributed by atoms with Crippen molar-refractivity contribution in [3.05, 3.63) is 77.4 Å².